The summed E-state index contributed by atoms with van der Waals surface area (Å²) < 4.78 is 5.81. The standard InChI is InChI=1S/C13H23NO/c1-5-10(6-2)13(14-4)12-9-8-11(7-3)15-12/h8-10,13-14H,5-7H2,1-4H3. The van der Waals surface area contributed by atoms with Gasteiger partial charge in [-0.3, -0.25) is 0 Å². The van der Waals surface area contributed by atoms with Gasteiger partial charge in [0.25, 0.3) is 0 Å². The number of hydrogen-bond acceptors (Lipinski definition) is 2. The van der Waals surface area contributed by atoms with Gasteiger partial charge in [-0.2, -0.15) is 0 Å². The first-order valence-electron chi connectivity index (χ1n) is 6.02. The number of aryl methyl sites for hydroxylation is 1. The summed E-state index contributed by atoms with van der Waals surface area (Å²) in [7, 11) is 2.01. The normalized spacial score (nSPS) is 13.4. The van der Waals surface area contributed by atoms with E-state index in [9.17, 15) is 0 Å². The van der Waals surface area contributed by atoms with Crippen LogP contribution in [-0.4, -0.2) is 7.05 Å². The molecule has 1 atom stereocenters. The smallest absolute Gasteiger partial charge is 0.121 e. The first kappa shape index (κ1) is 12.3. The molecule has 0 aliphatic rings. The third-order valence-electron chi connectivity index (χ3n) is 3.17. The van der Waals surface area contributed by atoms with Crippen LogP contribution in [-0.2, 0) is 6.42 Å². The molecule has 1 N–H and O–H groups in total. The molecule has 2 nitrogen and oxygen atoms in total. The molecular weight excluding hydrogens is 186 g/mol. The van der Waals surface area contributed by atoms with E-state index in [4.69, 9.17) is 4.42 Å². The van der Waals surface area contributed by atoms with E-state index in [1.165, 1.54) is 12.8 Å². The average Bonchev–Trinajstić information content (AvgIpc) is 2.73. The fraction of sp³-hybridized carbons (Fsp3) is 0.692. The Bertz CT molecular complexity index is 276. The minimum Gasteiger partial charge on any atom is -0.464 e. The van der Waals surface area contributed by atoms with Crippen LogP contribution < -0.4 is 5.32 Å². The van der Waals surface area contributed by atoms with Crippen LogP contribution in [0, 0.1) is 5.92 Å². The summed E-state index contributed by atoms with van der Waals surface area (Å²) in [4.78, 5) is 0. The van der Waals surface area contributed by atoms with Gasteiger partial charge < -0.3 is 9.73 Å². The summed E-state index contributed by atoms with van der Waals surface area (Å²) in [5.41, 5.74) is 0. The topological polar surface area (TPSA) is 25.2 Å². The molecular formula is C13H23NO. The van der Waals surface area contributed by atoms with E-state index < -0.39 is 0 Å². The van der Waals surface area contributed by atoms with Crippen LogP contribution in [0.1, 0.15) is 51.2 Å². The van der Waals surface area contributed by atoms with Gasteiger partial charge in [-0.1, -0.05) is 33.6 Å². The van der Waals surface area contributed by atoms with Gasteiger partial charge >= 0.3 is 0 Å². The Labute approximate surface area is 93.1 Å². The van der Waals surface area contributed by atoms with Gasteiger partial charge in [0.2, 0.25) is 0 Å². The largest absolute Gasteiger partial charge is 0.464 e. The fourth-order valence-electron chi connectivity index (χ4n) is 2.12. The van der Waals surface area contributed by atoms with Crippen molar-refractivity contribution in [3.8, 4) is 0 Å². The van der Waals surface area contributed by atoms with Gasteiger partial charge in [0.15, 0.2) is 0 Å². The van der Waals surface area contributed by atoms with Crippen LogP contribution in [0.4, 0.5) is 0 Å². The predicted molar refractivity (Wildman–Crippen MR) is 64.0 cm³/mol. The van der Waals surface area contributed by atoms with Crippen molar-refractivity contribution in [3.63, 3.8) is 0 Å². The lowest BCUT2D eigenvalue weighted by atomic mass is 9.92. The molecule has 86 valence electrons. The second-order valence-corrected chi connectivity index (χ2v) is 4.00. The van der Waals surface area contributed by atoms with E-state index in [1.807, 2.05) is 7.05 Å². The van der Waals surface area contributed by atoms with E-state index in [0.29, 0.717) is 12.0 Å². The molecule has 2 heteroatoms. The minimum atomic E-state index is 0.361. The molecule has 0 saturated carbocycles. The lowest BCUT2D eigenvalue weighted by molar-refractivity contribution is 0.302. The van der Waals surface area contributed by atoms with Crippen LogP contribution in [0.3, 0.4) is 0 Å². The van der Waals surface area contributed by atoms with Gasteiger partial charge in [-0.15, -0.1) is 0 Å². The van der Waals surface area contributed by atoms with E-state index in [2.05, 4.69) is 38.2 Å². The molecule has 1 aromatic rings. The quantitative estimate of drug-likeness (QED) is 0.775. The zero-order chi connectivity index (χ0) is 11.3. The number of furan rings is 1. The van der Waals surface area contributed by atoms with E-state index in [-0.39, 0.29) is 0 Å². The van der Waals surface area contributed by atoms with Crippen molar-refractivity contribution >= 4 is 0 Å². The molecule has 1 unspecified atom stereocenters. The Hall–Kier alpha value is -0.760. The number of hydrogen-bond donors (Lipinski definition) is 1. The summed E-state index contributed by atoms with van der Waals surface area (Å²) in [5.74, 6) is 2.82. The van der Waals surface area contributed by atoms with Crippen molar-refractivity contribution in [2.45, 2.75) is 46.1 Å². The van der Waals surface area contributed by atoms with Crippen molar-refractivity contribution in [2.75, 3.05) is 7.05 Å². The van der Waals surface area contributed by atoms with Crippen molar-refractivity contribution in [3.05, 3.63) is 23.7 Å². The molecule has 0 spiro atoms. The van der Waals surface area contributed by atoms with Gasteiger partial charge in [-0.05, 0) is 25.1 Å². The third-order valence-corrected chi connectivity index (χ3v) is 3.17. The highest BCUT2D eigenvalue weighted by atomic mass is 16.3. The van der Waals surface area contributed by atoms with Crippen LogP contribution >= 0.6 is 0 Å². The number of nitrogens with one attached hydrogen (secondary N) is 1. The maximum atomic E-state index is 5.81. The van der Waals surface area contributed by atoms with Crippen LogP contribution in [0.5, 0.6) is 0 Å². The van der Waals surface area contributed by atoms with E-state index in [1.54, 1.807) is 0 Å². The van der Waals surface area contributed by atoms with E-state index in [0.717, 1.165) is 17.9 Å². The fourth-order valence-corrected chi connectivity index (χ4v) is 2.12. The van der Waals surface area contributed by atoms with E-state index >= 15 is 0 Å². The lowest BCUT2D eigenvalue weighted by Gasteiger charge is -2.22. The van der Waals surface area contributed by atoms with Crippen LogP contribution in [0.2, 0.25) is 0 Å². The zero-order valence-corrected chi connectivity index (χ0v) is 10.3. The Morgan fingerprint density at radius 2 is 1.87 bits per heavy atom. The second kappa shape index (κ2) is 5.96. The summed E-state index contributed by atoms with van der Waals surface area (Å²) in [6.45, 7) is 6.60. The highest BCUT2D eigenvalue weighted by Crippen LogP contribution is 2.28. The molecule has 0 aliphatic carbocycles. The molecule has 0 radical (unpaired) electrons. The summed E-state index contributed by atoms with van der Waals surface area (Å²) in [6, 6.07) is 4.56. The van der Waals surface area contributed by atoms with Crippen LogP contribution in [0.15, 0.2) is 16.5 Å². The Morgan fingerprint density at radius 3 is 2.27 bits per heavy atom. The maximum absolute atomic E-state index is 5.81. The highest BCUT2D eigenvalue weighted by molar-refractivity contribution is 5.11. The Kier molecular flexibility index (Phi) is 4.89. The Morgan fingerprint density at radius 1 is 1.20 bits per heavy atom. The summed E-state index contributed by atoms with van der Waals surface area (Å²) >= 11 is 0. The molecule has 0 bridgehead atoms. The molecule has 0 saturated heterocycles. The monoisotopic (exact) mass is 209 g/mol. The summed E-state index contributed by atoms with van der Waals surface area (Å²) in [5, 5.41) is 3.36. The minimum absolute atomic E-state index is 0.361. The summed E-state index contributed by atoms with van der Waals surface area (Å²) in [6.07, 6.45) is 3.34. The van der Waals surface area contributed by atoms with Crippen molar-refractivity contribution in [1.29, 1.82) is 0 Å². The SMILES string of the molecule is CCc1ccc(C(NC)C(CC)CC)o1. The first-order valence-corrected chi connectivity index (χ1v) is 6.02. The van der Waals surface area contributed by atoms with Crippen LogP contribution in [0.25, 0.3) is 0 Å². The molecule has 15 heavy (non-hydrogen) atoms. The molecule has 1 heterocycles. The predicted octanol–water partition coefficient (Wildman–Crippen LogP) is 3.54. The molecule has 0 aliphatic heterocycles. The van der Waals surface area contributed by atoms with Gasteiger partial charge in [0.05, 0.1) is 6.04 Å². The van der Waals surface area contributed by atoms with Gasteiger partial charge in [0, 0.05) is 6.42 Å². The molecule has 0 amide bonds. The van der Waals surface area contributed by atoms with Gasteiger partial charge in [-0.25, -0.2) is 0 Å². The number of rotatable bonds is 6. The maximum Gasteiger partial charge on any atom is 0.121 e. The molecule has 0 aromatic carbocycles. The highest BCUT2D eigenvalue weighted by Gasteiger charge is 2.21. The molecule has 0 fully saturated rings. The average molecular weight is 209 g/mol. The molecule has 1 rings (SSSR count). The lowest BCUT2D eigenvalue weighted by Crippen LogP contribution is -2.24. The first-order chi connectivity index (χ1) is 7.26. The van der Waals surface area contributed by atoms with Crippen molar-refractivity contribution < 1.29 is 4.42 Å². The zero-order valence-electron chi connectivity index (χ0n) is 10.3. The van der Waals surface area contributed by atoms with Crippen molar-refractivity contribution in [1.82, 2.24) is 5.32 Å². The molecule has 1 aromatic heterocycles. The second-order valence-electron chi connectivity index (χ2n) is 4.00. The Balaban J connectivity index is 2.81. The van der Waals surface area contributed by atoms with Crippen molar-refractivity contribution in [2.24, 2.45) is 5.92 Å². The third kappa shape index (κ3) is 2.85. The van der Waals surface area contributed by atoms with Gasteiger partial charge in [0.1, 0.15) is 11.5 Å².